The minimum absolute atomic E-state index is 0.777. The molecule has 3 heteroatoms. The Kier molecular flexibility index (Phi) is 4.68. The molecule has 0 N–H and O–H groups in total. The average molecular weight is 344 g/mol. The molecule has 0 unspecified atom stereocenters. The van der Waals surface area contributed by atoms with E-state index in [4.69, 9.17) is 0 Å². The second-order valence-corrected chi connectivity index (χ2v) is 6.41. The van der Waals surface area contributed by atoms with Crippen molar-refractivity contribution < 1.29 is 0 Å². The first-order valence-corrected chi connectivity index (χ1v) is 7.46. The van der Waals surface area contributed by atoms with Gasteiger partial charge in [0.25, 0.3) is 0 Å². The first kappa shape index (κ1) is 13.1. The van der Waals surface area contributed by atoms with Crippen LogP contribution in [-0.2, 0) is 0 Å². The Hall–Kier alpha value is -0.290. The number of nitrogens with zero attached hydrogens (tertiary/aromatic N) is 2. The smallest absolute Gasteiger partial charge is 0.0377 e. The van der Waals surface area contributed by atoms with E-state index in [1.54, 1.807) is 0 Å². The van der Waals surface area contributed by atoms with Crippen LogP contribution in [-0.4, -0.2) is 37.6 Å². The van der Waals surface area contributed by atoms with Crippen molar-refractivity contribution in [1.82, 2.24) is 4.90 Å². The van der Waals surface area contributed by atoms with Gasteiger partial charge in [-0.1, -0.05) is 19.9 Å². The van der Waals surface area contributed by atoms with Crippen LogP contribution in [0.1, 0.15) is 13.8 Å². The molecule has 1 heterocycles. The highest BCUT2D eigenvalue weighted by atomic mass is 127. The fourth-order valence-corrected chi connectivity index (χ4v) is 2.90. The molecule has 0 aromatic heterocycles. The van der Waals surface area contributed by atoms with Crippen LogP contribution in [0, 0.1) is 9.49 Å². The van der Waals surface area contributed by atoms with E-state index >= 15 is 0 Å². The van der Waals surface area contributed by atoms with E-state index in [0.29, 0.717) is 0 Å². The van der Waals surface area contributed by atoms with Crippen molar-refractivity contribution in [2.24, 2.45) is 5.92 Å². The molecular weight excluding hydrogens is 323 g/mol. The average Bonchev–Trinajstić information content (AvgIpc) is 2.29. The SMILES string of the molecule is CC(C)CN1CCN(c2cccc(I)c2)CC1. The van der Waals surface area contributed by atoms with Gasteiger partial charge in [0.2, 0.25) is 0 Å². The third kappa shape index (κ3) is 3.85. The van der Waals surface area contributed by atoms with Gasteiger partial charge in [-0.2, -0.15) is 0 Å². The summed E-state index contributed by atoms with van der Waals surface area (Å²) >= 11 is 2.38. The molecular formula is C14H21IN2. The summed E-state index contributed by atoms with van der Waals surface area (Å²) in [6, 6.07) is 8.80. The number of benzene rings is 1. The Morgan fingerprint density at radius 2 is 1.88 bits per heavy atom. The van der Waals surface area contributed by atoms with Crippen molar-refractivity contribution in [2.75, 3.05) is 37.6 Å². The van der Waals surface area contributed by atoms with Crippen LogP contribution >= 0.6 is 22.6 Å². The predicted octanol–water partition coefficient (Wildman–Crippen LogP) is 3.07. The Balaban J connectivity index is 1.91. The van der Waals surface area contributed by atoms with Crippen molar-refractivity contribution in [3.8, 4) is 0 Å². The van der Waals surface area contributed by atoms with Crippen LogP contribution in [0.2, 0.25) is 0 Å². The molecule has 17 heavy (non-hydrogen) atoms. The van der Waals surface area contributed by atoms with E-state index in [0.717, 1.165) is 19.0 Å². The number of rotatable bonds is 3. The number of anilines is 1. The van der Waals surface area contributed by atoms with E-state index < -0.39 is 0 Å². The Morgan fingerprint density at radius 3 is 2.47 bits per heavy atom. The van der Waals surface area contributed by atoms with E-state index in [9.17, 15) is 0 Å². The molecule has 0 saturated carbocycles. The normalized spacial score (nSPS) is 17.8. The van der Waals surface area contributed by atoms with E-state index in [2.05, 4.69) is 70.5 Å². The first-order valence-electron chi connectivity index (χ1n) is 6.38. The maximum Gasteiger partial charge on any atom is 0.0377 e. The van der Waals surface area contributed by atoms with Crippen LogP contribution in [0.5, 0.6) is 0 Å². The fraction of sp³-hybridized carbons (Fsp3) is 0.571. The Labute approximate surface area is 118 Å². The minimum Gasteiger partial charge on any atom is -0.369 e. The molecule has 1 aliphatic heterocycles. The highest BCUT2D eigenvalue weighted by molar-refractivity contribution is 14.1. The van der Waals surface area contributed by atoms with Crippen molar-refractivity contribution in [3.63, 3.8) is 0 Å². The van der Waals surface area contributed by atoms with Crippen molar-refractivity contribution >= 4 is 28.3 Å². The van der Waals surface area contributed by atoms with Gasteiger partial charge in [-0.3, -0.25) is 4.90 Å². The Bertz CT molecular complexity index is 357. The van der Waals surface area contributed by atoms with Gasteiger partial charge in [0.1, 0.15) is 0 Å². The zero-order valence-corrected chi connectivity index (χ0v) is 12.9. The lowest BCUT2D eigenvalue weighted by Crippen LogP contribution is -2.47. The summed E-state index contributed by atoms with van der Waals surface area (Å²) in [5.41, 5.74) is 1.38. The zero-order chi connectivity index (χ0) is 12.3. The van der Waals surface area contributed by atoms with Gasteiger partial charge < -0.3 is 4.90 Å². The molecule has 1 aromatic carbocycles. The number of hydrogen-bond acceptors (Lipinski definition) is 2. The maximum absolute atomic E-state index is 2.58. The lowest BCUT2D eigenvalue weighted by molar-refractivity contribution is 0.231. The molecule has 0 spiro atoms. The second-order valence-electron chi connectivity index (χ2n) is 5.16. The monoisotopic (exact) mass is 344 g/mol. The molecule has 2 rings (SSSR count). The summed E-state index contributed by atoms with van der Waals surface area (Å²) in [5.74, 6) is 0.777. The maximum atomic E-state index is 2.58. The molecule has 0 bridgehead atoms. The Morgan fingerprint density at radius 1 is 1.18 bits per heavy atom. The third-order valence-corrected chi connectivity index (χ3v) is 3.84. The topological polar surface area (TPSA) is 6.48 Å². The minimum atomic E-state index is 0.777. The van der Waals surface area contributed by atoms with Gasteiger partial charge in [-0.15, -0.1) is 0 Å². The summed E-state index contributed by atoms with van der Waals surface area (Å²) in [6.07, 6.45) is 0. The van der Waals surface area contributed by atoms with Gasteiger partial charge in [0.15, 0.2) is 0 Å². The molecule has 0 aliphatic carbocycles. The summed E-state index contributed by atoms with van der Waals surface area (Å²) in [7, 11) is 0. The second kappa shape index (κ2) is 6.05. The number of piperazine rings is 1. The van der Waals surface area contributed by atoms with Crippen molar-refractivity contribution in [1.29, 1.82) is 0 Å². The van der Waals surface area contributed by atoms with Crippen LogP contribution in [0.15, 0.2) is 24.3 Å². The van der Waals surface area contributed by atoms with Crippen molar-refractivity contribution in [2.45, 2.75) is 13.8 Å². The number of hydrogen-bond donors (Lipinski definition) is 0. The first-order chi connectivity index (χ1) is 8.15. The lowest BCUT2D eigenvalue weighted by atomic mass is 10.2. The summed E-state index contributed by atoms with van der Waals surface area (Å²) in [5, 5.41) is 0. The summed E-state index contributed by atoms with van der Waals surface area (Å²) in [6.45, 7) is 10.5. The number of halogens is 1. The third-order valence-electron chi connectivity index (χ3n) is 3.17. The van der Waals surface area contributed by atoms with Crippen LogP contribution < -0.4 is 4.90 Å². The molecule has 94 valence electrons. The zero-order valence-electron chi connectivity index (χ0n) is 10.7. The molecule has 0 radical (unpaired) electrons. The fourth-order valence-electron chi connectivity index (χ4n) is 2.38. The van der Waals surface area contributed by atoms with Gasteiger partial charge in [-0.25, -0.2) is 0 Å². The van der Waals surface area contributed by atoms with E-state index in [1.807, 2.05) is 0 Å². The molecule has 1 fully saturated rings. The standard InChI is InChI=1S/C14H21IN2/c1-12(2)11-16-6-8-17(9-7-16)14-5-3-4-13(15)10-14/h3-5,10,12H,6-9,11H2,1-2H3. The highest BCUT2D eigenvalue weighted by Gasteiger charge is 2.17. The predicted molar refractivity (Wildman–Crippen MR) is 82.7 cm³/mol. The molecule has 0 amide bonds. The van der Waals surface area contributed by atoms with Gasteiger partial charge in [0, 0.05) is 42.0 Å². The highest BCUT2D eigenvalue weighted by Crippen LogP contribution is 2.19. The summed E-state index contributed by atoms with van der Waals surface area (Å²) in [4.78, 5) is 5.08. The van der Waals surface area contributed by atoms with E-state index in [-0.39, 0.29) is 0 Å². The molecule has 1 saturated heterocycles. The van der Waals surface area contributed by atoms with E-state index in [1.165, 1.54) is 28.9 Å². The van der Waals surface area contributed by atoms with Crippen molar-refractivity contribution in [3.05, 3.63) is 27.8 Å². The molecule has 1 aliphatic rings. The molecule has 1 aromatic rings. The molecule has 0 atom stereocenters. The van der Waals surface area contributed by atoms with Gasteiger partial charge >= 0.3 is 0 Å². The lowest BCUT2D eigenvalue weighted by Gasteiger charge is -2.36. The van der Waals surface area contributed by atoms with Crippen LogP contribution in [0.25, 0.3) is 0 Å². The largest absolute Gasteiger partial charge is 0.369 e. The quantitative estimate of drug-likeness (QED) is 0.778. The summed E-state index contributed by atoms with van der Waals surface area (Å²) < 4.78 is 1.32. The molecule has 2 nitrogen and oxygen atoms in total. The van der Waals surface area contributed by atoms with Crippen LogP contribution in [0.3, 0.4) is 0 Å². The van der Waals surface area contributed by atoms with Gasteiger partial charge in [-0.05, 0) is 46.7 Å². The van der Waals surface area contributed by atoms with Crippen LogP contribution in [0.4, 0.5) is 5.69 Å². The van der Waals surface area contributed by atoms with Gasteiger partial charge in [0.05, 0.1) is 0 Å².